The molecule has 0 aromatic carbocycles. The molecule has 0 aromatic rings. The Morgan fingerprint density at radius 3 is 2.31 bits per heavy atom. The summed E-state index contributed by atoms with van der Waals surface area (Å²) in [6.45, 7) is 9.60. The third kappa shape index (κ3) is 6.76. The quantitative estimate of drug-likeness (QED) is 0.279. The molecule has 0 heterocycles. The lowest BCUT2D eigenvalue weighted by Gasteiger charge is -2.19. The Morgan fingerprint density at radius 1 is 1.25 bits per heavy atom. The predicted molar refractivity (Wildman–Crippen MR) is 62.6 cm³/mol. The van der Waals surface area contributed by atoms with E-state index in [4.69, 9.17) is 15.3 Å². The molecule has 0 fully saturated rings. The van der Waals surface area contributed by atoms with Crippen LogP contribution in [-0.2, 0) is 14.3 Å². The highest BCUT2D eigenvalue weighted by atomic mass is 16.5. The van der Waals surface area contributed by atoms with Gasteiger partial charge in [0.05, 0.1) is 13.2 Å². The normalized spacial score (nSPS) is 13.2. The number of nitrogens with one attached hydrogen (secondary N) is 1. The molecule has 0 aliphatic heterocycles. The Morgan fingerprint density at radius 2 is 1.88 bits per heavy atom. The Bertz CT molecular complexity index is 196. The van der Waals surface area contributed by atoms with Crippen molar-refractivity contribution in [2.24, 2.45) is 17.7 Å². The summed E-state index contributed by atoms with van der Waals surface area (Å²) in [5, 5.41) is 0. The fourth-order valence-corrected chi connectivity index (χ4v) is 1.21. The Kier molecular flexibility index (Phi) is 8.15. The van der Waals surface area contributed by atoms with Crippen LogP contribution in [0.1, 0.15) is 27.7 Å². The van der Waals surface area contributed by atoms with Gasteiger partial charge < -0.3 is 9.47 Å². The van der Waals surface area contributed by atoms with Gasteiger partial charge in [0.15, 0.2) is 0 Å². The van der Waals surface area contributed by atoms with Crippen molar-refractivity contribution in [3.63, 3.8) is 0 Å². The lowest BCUT2D eigenvalue weighted by atomic mass is 10.1. The molecular formula is C11H24N2O3. The van der Waals surface area contributed by atoms with Crippen molar-refractivity contribution < 1.29 is 14.3 Å². The fraction of sp³-hybridized carbons (Fsp3) is 0.909. The van der Waals surface area contributed by atoms with E-state index in [1.807, 2.05) is 13.8 Å². The number of carbonyl (C=O) groups excluding carboxylic acids is 1. The van der Waals surface area contributed by atoms with Crippen LogP contribution in [0.2, 0.25) is 0 Å². The first kappa shape index (κ1) is 15.3. The van der Waals surface area contributed by atoms with Gasteiger partial charge in [0.2, 0.25) is 0 Å². The van der Waals surface area contributed by atoms with Gasteiger partial charge in [-0.1, -0.05) is 27.7 Å². The van der Waals surface area contributed by atoms with E-state index in [0.29, 0.717) is 25.7 Å². The summed E-state index contributed by atoms with van der Waals surface area (Å²) in [7, 11) is 0. The SMILES string of the molecule is CC(C)COCCOC(C(=O)NN)C(C)C. The van der Waals surface area contributed by atoms with Gasteiger partial charge in [-0.05, 0) is 11.8 Å². The fourth-order valence-electron chi connectivity index (χ4n) is 1.21. The Labute approximate surface area is 97.6 Å². The van der Waals surface area contributed by atoms with Gasteiger partial charge >= 0.3 is 0 Å². The number of hydrogen-bond acceptors (Lipinski definition) is 4. The molecule has 0 aliphatic carbocycles. The zero-order valence-electron chi connectivity index (χ0n) is 10.7. The highest BCUT2D eigenvalue weighted by Gasteiger charge is 2.21. The van der Waals surface area contributed by atoms with Gasteiger partial charge in [-0.2, -0.15) is 0 Å². The standard InChI is InChI=1S/C11H24N2O3/c1-8(2)7-15-5-6-16-10(9(3)4)11(14)13-12/h8-10H,5-7,12H2,1-4H3,(H,13,14). The van der Waals surface area contributed by atoms with Gasteiger partial charge in [0.1, 0.15) is 6.10 Å². The molecule has 5 nitrogen and oxygen atoms in total. The van der Waals surface area contributed by atoms with Gasteiger partial charge in [-0.3, -0.25) is 10.2 Å². The summed E-state index contributed by atoms with van der Waals surface area (Å²) in [5.41, 5.74) is 2.10. The highest BCUT2D eigenvalue weighted by Crippen LogP contribution is 2.06. The molecule has 0 spiro atoms. The van der Waals surface area contributed by atoms with Crippen molar-refractivity contribution in [1.82, 2.24) is 5.43 Å². The van der Waals surface area contributed by atoms with Crippen molar-refractivity contribution in [3.8, 4) is 0 Å². The first-order valence-electron chi connectivity index (χ1n) is 5.68. The number of nitrogens with two attached hydrogens (primary N) is 1. The molecular weight excluding hydrogens is 208 g/mol. The van der Waals surface area contributed by atoms with Crippen LogP contribution in [0.15, 0.2) is 0 Å². The molecule has 0 saturated heterocycles. The van der Waals surface area contributed by atoms with Crippen molar-refractivity contribution in [3.05, 3.63) is 0 Å². The summed E-state index contributed by atoms with van der Waals surface area (Å²) in [4.78, 5) is 11.3. The largest absolute Gasteiger partial charge is 0.379 e. The molecule has 0 rings (SSSR count). The van der Waals surface area contributed by atoms with E-state index >= 15 is 0 Å². The molecule has 1 unspecified atom stereocenters. The topological polar surface area (TPSA) is 73.6 Å². The van der Waals surface area contributed by atoms with Gasteiger partial charge in [-0.15, -0.1) is 0 Å². The number of hydrogen-bond donors (Lipinski definition) is 2. The minimum Gasteiger partial charge on any atom is -0.379 e. The maximum absolute atomic E-state index is 11.3. The maximum Gasteiger partial charge on any atom is 0.263 e. The molecule has 0 saturated carbocycles. The summed E-state index contributed by atoms with van der Waals surface area (Å²) in [6, 6.07) is 0. The van der Waals surface area contributed by atoms with Crippen LogP contribution in [0.4, 0.5) is 0 Å². The molecule has 96 valence electrons. The van der Waals surface area contributed by atoms with Crippen LogP contribution < -0.4 is 11.3 Å². The Balaban J connectivity index is 3.73. The summed E-state index contributed by atoms with van der Waals surface area (Å²) < 4.78 is 10.8. The molecule has 5 heteroatoms. The third-order valence-corrected chi connectivity index (χ3v) is 1.98. The second-order valence-corrected chi connectivity index (χ2v) is 4.51. The van der Waals surface area contributed by atoms with Crippen LogP contribution >= 0.6 is 0 Å². The summed E-state index contributed by atoms with van der Waals surface area (Å²) >= 11 is 0. The van der Waals surface area contributed by atoms with E-state index in [-0.39, 0.29) is 11.8 Å². The van der Waals surface area contributed by atoms with Crippen LogP contribution in [0.25, 0.3) is 0 Å². The number of rotatable bonds is 8. The first-order valence-corrected chi connectivity index (χ1v) is 5.68. The number of hydrazine groups is 1. The second kappa shape index (κ2) is 8.50. The lowest BCUT2D eigenvalue weighted by molar-refractivity contribution is -0.137. The number of carbonyl (C=O) groups is 1. The van der Waals surface area contributed by atoms with Crippen molar-refractivity contribution in [1.29, 1.82) is 0 Å². The minimum absolute atomic E-state index is 0.0913. The number of ether oxygens (including phenoxy) is 2. The van der Waals surface area contributed by atoms with Crippen LogP contribution in [0.5, 0.6) is 0 Å². The monoisotopic (exact) mass is 232 g/mol. The van der Waals surface area contributed by atoms with Gasteiger partial charge in [0.25, 0.3) is 5.91 Å². The highest BCUT2D eigenvalue weighted by molar-refractivity contribution is 5.80. The van der Waals surface area contributed by atoms with E-state index in [9.17, 15) is 4.79 Å². The predicted octanol–water partition coefficient (Wildman–Crippen LogP) is 0.690. The van der Waals surface area contributed by atoms with E-state index < -0.39 is 6.10 Å². The molecule has 0 aliphatic rings. The van der Waals surface area contributed by atoms with E-state index in [0.717, 1.165) is 0 Å². The molecule has 0 aromatic heterocycles. The van der Waals surface area contributed by atoms with Crippen molar-refractivity contribution >= 4 is 5.91 Å². The second-order valence-electron chi connectivity index (χ2n) is 4.51. The molecule has 1 atom stereocenters. The lowest BCUT2D eigenvalue weighted by Crippen LogP contribution is -2.43. The molecule has 1 amide bonds. The zero-order valence-corrected chi connectivity index (χ0v) is 10.7. The average Bonchev–Trinajstić information content (AvgIpc) is 2.21. The van der Waals surface area contributed by atoms with Crippen molar-refractivity contribution in [2.75, 3.05) is 19.8 Å². The molecule has 0 bridgehead atoms. The third-order valence-electron chi connectivity index (χ3n) is 1.98. The van der Waals surface area contributed by atoms with E-state index in [1.54, 1.807) is 0 Å². The smallest absolute Gasteiger partial charge is 0.263 e. The molecule has 0 radical (unpaired) electrons. The Hall–Kier alpha value is -0.650. The van der Waals surface area contributed by atoms with Crippen molar-refractivity contribution in [2.45, 2.75) is 33.8 Å². The van der Waals surface area contributed by atoms with Gasteiger partial charge in [-0.25, -0.2) is 5.84 Å². The number of amides is 1. The molecule has 3 N–H and O–H groups in total. The minimum atomic E-state index is -0.507. The van der Waals surface area contributed by atoms with E-state index in [2.05, 4.69) is 19.3 Å². The van der Waals surface area contributed by atoms with E-state index in [1.165, 1.54) is 0 Å². The van der Waals surface area contributed by atoms with Gasteiger partial charge in [0, 0.05) is 6.61 Å². The molecule has 16 heavy (non-hydrogen) atoms. The maximum atomic E-state index is 11.3. The van der Waals surface area contributed by atoms with Crippen LogP contribution in [-0.4, -0.2) is 31.8 Å². The summed E-state index contributed by atoms with van der Waals surface area (Å²) in [6.07, 6.45) is -0.507. The van der Waals surface area contributed by atoms with Crippen LogP contribution in [0.3, 0.4) is 0 Å². The zero-order chi connectivity index (χ0) is 12.6. The first-order chi connectivity index (χ1) is 7.49. The summed E-state index contributed by atoms with van der Waals surface area (Å²) in [5.74, 6) is 5.38. The average molecular weight is 232 g/mol. The van der Waals surface area contributed by atoms with Crippen LogP contribution in [0, 0.1) is 11.8 Å².